The molecule has 2 heterocycles. The Hall–Kier alpha value is -2.90. The Kier molecular flexibility index (Phi) is 3.94. The molecule has 0 radical (unpaired) electrons. The van der Waals surface area contributed by atoms with Gasteiger partial charge in [0.2, 0.25) is 0 Å². The minimum Gasteiger partial charge on any atom is -0.315 e. The lowest BCUT2D eigenvalue weighted by molar-refractivity contribution is -0.133. The van der Waals surface area contributed by atoms with Gasteiger partial charge in [0.05, 0.1) is 36.2 Å². The van der Waals surface area contributed by atoms with Crippen LogP contribution in [0.15, 0.2) is 24.8 Å². The van der Waals surface area contributed by atoms with Crippen molar-refractivity contribution in [1.82, 2.24) is 19.9 Å². The number of nitrogens with one attached hydrogen (secondary N) is 2. The number of anilines is 2. The van der Waals surface area contributed by atoms with Crippen LogP contribution < -0.4 is 10.6 Å². The molecule has 20 heavy (non-hydrogen) atoms. The maximum Gasteiger partial charge on any atom is 0.314 e. The van der Waals surface area contributed by atoms with Crippen molar-refractivity contribution in [3.8, 4) is 0 Å². The van der Waals surface area contributed by atoms with Crippen LogP contribution in [-0.2, 0) is 9.59 Å². The van der Waals surface area contributed by atoms with Gasteiger partial charge in [-0.05, 0) is 13.8 Å². The monoisotopic (exact) mass is 272 g/mol. The zero-order valence-electron chi connectivity index (χ0n) is 10.9. The van der Waals surface area contributed by atoms with Crippen LogP contribution in [-0.4, -0.2) is 31.8 Å². The molecule has 2 aromatic rings. The number of amides is 2. The molecule has 8 nitrogen and oxygen atoms in total. The number of hydrogen-bond acceptors (Lipinski definition) is 6. The predicted octanol–water partition coefficient (Wildman–Crippen LogP) is 0.461. The molecule has 0 atom stereocenters. The molecule has 102 valence electrons. The van der Waals surface area contributed by atoms with Crippen LogP contribution in [0.25, 0.3) is 0 Å². The van der Waals surface area contributed by atoms with Crippen LogP contribution in [0.5, 0.6) is 0 Å². The normalized spacial score (nSPS) is 9.90. The molecule has 0 unspecified atom stereocenters. The van der Waals surface area contributed by atoms with E-state index in [4.69, 9.17) is 0 Å². The molecule has 2 amide bonds. The summed E-state index contributed by atoms with van der Waals surface area (Å²) in [7, 11) is 0. The third kappa shape index (κ3) is 3.55. The molecule has 0 fully saturated rings. The molecule has 0 aliphatic rings. The van der Waals surface area contributed by atoms with Gasteiger partial charge < -0.3 is 10.6 Å². The van der Waals surface area contributed by atoms with Gasteiger partial charge in [-0.25, -0.2) is 19.9 Å². The number of carbonyl (C=O) groups excluding carboxylic acids is 2. The Balaban J connectivity index is 1.96. The van der Waals surface area contributed by atoms with Crippen molar-refractivity contribution in [3.63, 3.8) is 0 Å². The van der Waals surface area contributed by atoms with Gasteiger partial charge in [-0.15, -0.1) is 0 Å². The fourth-order valence-electron chi connectivity index (χ4n) is 1.29. The molecule has 8 heteroatoms. The fraction of sp³-hybridized carbons (Fsp3) is 0.167. The third-order valence-corrected chi connectivity index (χ3v) is 2.28. The number of aromatic nitrogens is 4. The average Bonchev–Trinajstić information content (AvgIpc) is 2.44. The number of nitrogens with zero attached hydrogens (tertiary/aromatic N) is 4. The third-order valence-electron chi connectivity index (χ3n) is 2.28. The van der Waals surface area contributed by atoms with Crippen molar-refractivity contribution in [1.29, 1.82) is 0 Å². The minimum atomic E-state index is -0.821. The van der Waals surface area contributed by atoms with Crippen LogP contribution in [0.2, 0.25) is 0 Å². The van der Waals surface area contributed by atoms with Crippen molar-refractivity contribution < 1.29 is 9.59 Å². The molecule has 0 aromatic carbocycles. The van der Waals surface area contributed by atoms with E-state index < -0.39 is 11.8 Å². The molecule has 0 saturated heterocycles. The smallest absolute Gasteiger partial charge is 0.314 e. The van der Waals surface area contributed by atoms with Gasteiger partial charge in [-0.1, -0.05) is 0 Å². The summed E-state index contributed by atoms with van der Waals surface area (Å²) in [6.07, 6.45) is 5.68. The van der Waals surface area contributed by atoms with Crippen molar-refractivity contribution in [3.05, 3.63) is 36.4 Å². The Bertz CT molecular complexity index is 566. The largest absolute Gasteiger partial charge is 0.315 e. The maximum atomic E-state index is 11.6. The number of rotatable bonds is 2. The first-order chi connectivity index (χ1) is 9.54. The van der Waals surface area contributed by atoms with Crippen LogP contribution in [0.1, 0.15) is 11.6 Å². The average molecular weight is 272 g/mol. The molecule has 0 spiro atoms. The second kappa shape index (κ2) is 5.83. The van der Waals surface area contributed by atoms with Crippen molar-refractivity contribution in [2.24, 2.45) is 0 Å². The molecule has 0 aliphatic carbocycles. The first-order valence-electron chi connectivity index (χ1n) is 5.74. The molecular weight excluding hydrogens is 260 g/mol. The molecule has 2 rings (SSSR count). The molecule has 0 saturated carbocycles. The minimum absolute atomic E-state index is 0.343. The Morgan fingerprint density at radius 1 is 0.750 bits per heavy atom. The quantitative estimate of drug-likeness (QED) is 0.768. The van der Waals surface area contributed by atoms with Crippen LogP contribution in [0, 0.1) is 13.8 Å². The van der Waals surface area contributed by atoms with E-state index >= 15 is 0 Å². The summed E-state index contributed by atoms with van der Waals surface area (Å²) in [6, 6.07) is 0. The topological polar surface area (TPSA) is 110 Å². The van der Waals surface area contributed by atoms with E-state index in [9.17, 15) is 9.59 Å². The lowest BCUT2D eigenvalue weighted by Crippen LogP contribution is -2.29. The van der Waals surface area contributed by atoms with Crippen LogP contribution in [0.4, 0.5) is 11.4 Å². The van der Waals surface area contributed by atoms with Gasteiger partial charge in [0.1, 0.15) is 11.6 Å². The maximum absolute atomic E-state index is 11.6. The summed E-state index contributed by atoms with van der Waals surface area (Å²) in [5.74, 6) is -0.496. The Morgan fingerprint density at radius 2 is 1.05 bits per heavy atom. The van der Waals surface area contributed by atoms with Crippen LogP contribution >= 0.6 is 0 Å². The van der Waals surface area contributed by atoms with Gasteiger partial charge in [-0.2, -0.15) is 0 Å². The second-order valence-corrected chi connectivity index (χ2v) is 3.95. The summed E-state index contributed by atoms with van der Waals surface area (Å²) >= 11 is 0. The molecule has 2 N–H and O–H groups in total. The van der Waals surface area contributed by atoms with E-state index in [0.29, 0.717) is 23.0 Å². The van der Waals surface area contributed by atoms with E-state index in [1.807, 2.05) is 0 Å². The summed E-state index contributed by atoms with van der Waals surface area (Å²) in [5, 5.41) is 4.77. The highest BCUT2D eigenvalue weighted by molar-refractivity contribution is 6.43. The van der Waals surface area contributed by atoms with E-state index in [2.05, 4.69) is 30.6 Å². The lowest BCUT2D eigenvalue weighted by Gasteiger charge is -2.05. The van der Waals surface area contributed by atoms with Crippen molar-refractivity contribution in [2.45, 2.75) is 13.8 Å². The number of carbonyl (C=O) groups is 2. The molecular formula is C12H12N6O2. The number of hydrogen-bond donors (Lipinski definition) is 2. The number of aryl methyl sites for hydroxylation is 2. The van der Waals surface area contributed by atoms with Crippen LogP contribution in [0.3, 0.4) is 0 Å². The molecule has 0 bridgehead atoms. The lowest BCUT2D eigenvalue weighted by atomic mass is 10.4. The first kappa shape index (κ1) is 13.5. The standard InChI is InChI=1S/C12H12N6O2/c1-7-13-3-9(4-14-7)17-11(19)12(20)18-10-5-15-8(2)16-6-10/h3-6H,1-2H3,(H,17,19)(H,18,20). The van der Waals surface area contributed by atoms with Gasteiger partial charge in [-0.3, -0.25) is 9.59 Å². The van der Waals surface area contributed by atoms with Crippen molar-refractivity contribution >= 4 is 23.2 Å². The summed E-state index contributed by atoms with van der Waals surface area (Å²) in [5.41, 5.74) is 0.687. The summed E-state index contributed by atoms with van der Waals surface area (Å²) < 4.78 is 0. The zero-order valence-corrected chi connectivity index (χ0v) is 10.9. The van der Waals surface area contributed by atoms with Gasteiger partial charge >= 0.3 is 11.8 Å². The zero-order chi connectivity index (χ0) is 14.5. The van der Waals surface area contributed by atoms with E-state index in [-0.39, 0.29) is 0 Å². The van der Waals surface area contributed by atoms with E-state index in [1.54, 1.807) is 13.8 Å². The Labute approximate surface area is 114 Å². The molecule has 2 aromatic heterocycles. The van der Waals surface area contributed by atoms with Gasteiger partial charge in [0.15, 0.2) is 0 Å². The van der Waals surface area contributed by atoms with Crippen molar-refractivity contribution in [2.75, 3.05) is 10.6 Å². The fourth-order valence-corrected chi connectivity index (χ4v) is 1.29. The second-order valence-electron chi connectivity index (χ2n) is 3.95. The summed E-state index contributed by atoms with van der Waals surface area (Å²) in [6.45, 7) is 3.44. The molecule has 0 aliphatic heterocycles. The Morgan fingerprint density at radius 3 is 1.35 bits per heavy atom. The first-order valence-corrected chi connectivity index (χ1v) is 5.74. The highest BCUT2D eigenvalue weighted by atomic mass is 16.2. The van der Waals surface area contributed by atoms with Gasteiger partial charge in [0.25, 0.3) is 0 Å². The highest BCUT2D eigenvalue weighted by Gasteiger charge is 2.14. The van der Waals surface area contributed by atoms with E-state index in [1.165, 1.54) is 24.8 Å². The van der Waals surface area contributed by atoms with E-state index in [0.717, 1.165) is 0 Å². The van der Waals surface area contributed by atoms with Gasteiger partial charge in [0, 0.05) is 0 Å². The predicted molar refractivity (Wildman–Crippen MR) is 70.8 cm³/mol. The SMILES string of the molecule is Cc1ncc(NC(=O)C(=O)Nc2cnc(C)nc2)cn1. The highest BCUT2D eigenvalue weighted by Crippen LogP contribution is 2.05. The summed E-state index contributed by atoms with van der Waals surface area (Å²) in [4.78, 5) is 38.9.